The molecule has 118 valence electrons. The number of para-hydroxylation sites is 1. The maximum absolute atomic E-state index is 11.8. The number of sulfone groups is 1. The zero-order chi connectivity index (χ0) is 16.3. The summed E-state index contributed by atoms with van der Waals surface area (Å²) in [7, 11) is -3.25. The van der Waals surface area contributed by atoms with Crippen molar-refractivity contribution in [1.29, 1.82) is 0 Å². The van der Waals surface area contributed by atoms with Crippen LogP contribution in [0.3, 0.4) is 0 Å². The Labute approximate surface area is 135 Å². The maximum Gasteiger partial charge on any atom is 0.177 e. The number of hydrogen-bond acceptors (Lipinski definition) is 4. The summed E-state index contributed by atoms with van der Waals surface area (Å²) in [5.41, 5.74) is 2.66. The third-order valence-electron chi connectivity index (χ3n) is 3.47. The fourth-order valence-corrected chi connectivity index (χ4v) is 3.19. The molecule has 0 aliphatic carbocycles. The molecule has 23 heavy (non-hydrogen) atoms. The van der Waals surface area contributed by atoms with Gasteiger partial charge in [-0.1, -0.05) is 24.3 Å². The van der Waals surface area contributed by atoms with Gasteiger partial charge in [-0.3, -0.25) is 0 Å². The van der Waals surface area contributed by atoms with Gasteiger partial charge in [0.05, 0.1) is 16.3 Å². The van der Waals surface area contributed by atoms with E-state index in [0.717, 1.165) is 11.3 Å². The fourth-order valence-electron chi connectivity index (χ4n) is 2.32. The first-order valence-electron chi connectivity index (χ1n) is 7.16. The maximum atomic E-state index is 11.8. The van der Waals surface area contributed by atoms with Gasteiger partial charge < -0.3 is 5.32 Å². The minimum atomic E-state index is -3.25. The van der Waals surface area contributed by atoms with Crippen molar-refractivity contribution >= 4 is 15.5 Å². The summed E-state index contributed by atoms with van der Waals surface area (Å²) < 4.78 is 25.4. The first-order chi connectivity index (χ1) is 11.0. The number of hydrogen-bond donors (Lipinski definition) is 1. The van der Waals surface area contributed by atoms with Crippen LogP contribution in [-0.2, 0) is 16.4 Å². The lowest BCUT2D eigenvalue weighted by Gasteiger charge is -2.11. The Kier molecular flexibility index (Phi) is 4.16. The predicted molar refractivity (Wildman–Crippen MR) is 90.4 cm³/mol. The molecule has 0 saturated heterocycles. The summed E-state index contributed by atoms with van der Waals surface area (Å²) in [6, 6.07) is 16.7. The molecule has 0 radical (unpaired) electrons. The van der Waals surface area contributed by atoms with Crippen LogP contribution < -0.4 is 5.32 Å². The highest BCUT2D eigenvalue weighted by molar-refractivity contribution is 7.90. The van der Waals surface area contributed by atoms with Crippen molar-refractivity contribution in [3.8, 4) is 5.69 Å². The highest BCUT2D eigenvalue weighted by atomic mass is 32.2. The van der Waals surface area contributed by atoms with Crippen LogP contribution in [0.4, 0.5) is 5.69 Å². The Hall–Kier alpha value is -2.60. The van der Waals surface area contributed by atoms with Gasteiger partial charge in [0.15, 0.2) is 9.84 Å². The van der Waals surface area contributed by atoms with Gasteiger partial charge in [0, 0.05) is 25.2 Å². The van der Waals surface area contributed by atoms with Crippen LogP contribution in [0.5, 0.6) is 0 Å². The van der Waals surface area contributed by atoms with Crippen LogP contribution in [0.15, 0.2) is 71.9 Å². The summed E-state index contributed by atoms with van der Waals surface area (Å²) in [5.74, 6) is 0. The van der Waals surface area contributed by atoms with Gasteiger partial charge >= 0.3 is 0 Å². The van der Waals surface area contributed by atoms with Crippen molar-refractivity contribution < 1.29 is 8.42 Å². The van der Waals surface area contributed by atoms with Crippen molar-refractivity contribution in [3.05, 3.63) is 72.6 Å². The zero-order valence-corrected chi connectivity index (χ0v) is 13.5. The third-order valence-corrected chi connectivity index (χ3v) is 4.63. The van der Waals surface area contributed by atoms with Crippen LogP contribution in [0.2, 0.25) is 0 Å². The second kappa shape index (κ2) is 6.26. The van der Waals surface area contributed by atoms with Gasteiger partial charge in [-0.2, -0.15) is 5.10 Å². The van der Waals surface area contributed by atoms with Crippen molar-refractivity contribution in [2.24, 2.45) is 0 Å². The number of benzene rings is 2. The Morgan fingerprint density at radius 3 is 2.43 bits per heavy atom. The molecule has 3 aromatic rings. The molecule has 0 saturated carbocycles. The smallest absolute Gasteiger partial charge is 0.177 e. The lowest BCUT2D eigenvalue weighted by molar-refractivity contribution is 0.602. The first-order valence-corrected chi connectivity index (χ1v) is 9.05. The minimum Gasteiger partial charge on any atom is -0.380 e. The van der Waals surface area contributed by atoms with Crippen LogP contribution >= 0.6 is 0 Å². The van der Waals surface area contributed by atoms with E-state index in [-0.39, 0.29) is 0 Å². The van der Waals surface area contributed by atoms with Gasteiger partial charge in [-0.05, 0) is 35.9 Å². The number of rotatable bonds is 5. The quantitative estimate of drug-likeness (QED) is 0.782. The number of anilines is 1. The summed E-state index contributed by atoms with van der Waals surface area (Å²) in [6.45, 7) is 0.548. The molecule has 2 aromatic carbocycles. The molecule has 0 bridgehead atoms. The van der Waals surface area contributed by atoms with Gasteiger partial charge in [0.1, 0.15) is 0 Å². The van der Waals surface area contributed by atoms with Crippen LogP contribution in [0, 0.1) is 0 Å². The highest BCUT2D eigenvalue weighted by Gasteiger charge is 2.11. The first kappa shape index (κ1) is 15.3. The molecule has 0 amide bonds. The zero-order valence-electron chi connectivity index (χ0n) is 12.7. The molecule has 0 fully saturated rings. The van der Waals surface area contributed by atoms with E-state index in [2.05, 4.69) is 10.4 Å². The Morgan fingerprint density at radius 2 is 1.78 bits per heavy atom. The summed E-state index contributed by atoms with van der Waals surface area (Å²) in [4.78, 5) is 0.313. The van der Waals surface area contributed by atoms with Crippen molar-refractivity contribution in [1.82, 2.24) is 9.78 Å². The van der Waals surface area contributed by atoms with E-state index < -0.39 is 9.84 Å². The van der Waals surface area contributed by atoms with Crippen LogP contribution in [-0.4, -0.2) is 24.5 Å². The monoisotopic (exact) mass is 327 g/mol. The molecule has 6 heteroatoms. The van der Waals surface area contributed by atoms with E-state index in [1.54, 1.807) is 29.1 Å². The summed E-state index contributed by atoms with van der Waals surface area (Å²) in [5, 5.41) is 7.37. The van der Waals surface area contributed by atoms with Crippen LogP contribution in [0.25, 0.3) is 5.69 Å². The summed E-state index contributed by atoms with van der Waals surface area (Å²) in [6.07, 6.45) is 4.83. The molecule has 0 unspecified atom stereocenters. The largest absolute Gasteiger partial charge is 0.380 e. The number of nitrogens with one attached hydrogen (secondary N) is 1. The standard InChI is InChI=1S/C17H17N3O2S/c1-23(21,22)17-6-3-2-5-16(17)18-13-14-7-9-15(10-8-14)20-12-4-11-19-20/h2-12,18H,13H2,1H3. The normalized spacial score (nSPS) is 11.3. The molecule has 0 atom stereocenters. The number of nitrogens with zero attached hydrogens (tertiary/aromatic N) is 2. The Bertz CT molecular complexity index is 886. The highest BCUT2D eigenvalue weighted by Crippen LogP contribution is 2.21. The molecule has 0 aliphatic heterocycles. The van der Waals surface area contributed by atoms with E-state index in [4.69, 9.17) is 0 Å². The van der Waals surface area contributed by atoms with E-state index in [1.165, 1.54) is 6.26 Å². The number of aromatic nitrogens is 2. The van der Waals surface area contributed by atoms with E-state index in [9.17, 15) is 8.42 Å². The van der Waals surface area contributed by atoms with Crippen molar-refractivity contribution in [2.75, 3.05) is 11.6 Å². The molecular formula is C17H17N3O2S. The average molecular weight is 327 g/mol. The van der Waals surface area contributed by atoms with E-state index in [0.29, 0.717) is 17.1 Å². The van der Waals surface area contributed by atoms with Crippen molar-refractivity contribution in [2.45, 2.75) is 11.4 Å². The lowest BCUT2D eigenvalue weighted by Crippen LogP contribution is -2.06. The fraction of sp³-hybridized carbons (Fsp3) is 0.118. The topological polar surface area (TPSA) is 64.0 Å². The molecular weight excluding hydrogens is 310 g/mol. The van der Waals surface area contributed by atoms with Crippen molar-refractivity contribution in [3.63, 3.8) is 0 Å². The summed E-state index contributed by atoms with van der Waals surface area (Å²) >= 11 is 0. The minimum absolute atomic E-state index is 0.313. The average Bonchev–Trinajstić information content (AvgIpc) is 3.07. The molecule has 5 nitrogen and oxygen atoms in total. The van der Waals surface area contributed by atoms with E-state index >= 15 is 0 Å². The second-order valence-corrected chi connectivity index (χ2v) is 7.22. The molecule has 0 aliphatic rings. The van der Waals surface area contributed by atoms with Gasteiger partial charge in [0.25, 0.3) is 0 Å². The van der Waals surface area contributed by atoms with E-state index in [1.807, 2.05) is 42.6 Å². The van der Waals surface area contributed by atoms with Crippen LogP contribution in [0.1, 0.15) is 5.56 Å². The van der Waals surface area contributed by atoms with Gasteiger partial charge in [0.2, 0.25) is 0 Å². The predicted octanol–water partition coefficient (Wildman–Crippen LogP) is 2.89. The molecule has 1 heterocycles. The molecule has 1 N–H and O–H groups in total. The van der Waals surface area contributed by atoms with Gasteiger partial charge in [-0.25, -0.2) is 13.1 Å². The lowest BCUT2D eigenvalue weighted by atomic mass is 10.2. The molecule has 1 aromatic heterocycles. The Balaban J connectivity index is 1.74. The molecule has 0 spiro atoms. The second-order valence-electron chi connectivity index (χ2n) is 5.24. The van der Waals surface area contributed by atoms with Gasteiger partial charge in [-0.15, -0.1) is 0 Å². The SMILES string of the molecule is CS(=O)(=O)c1ccccc1NCc1ccc(-n2cccn2)cc1. The Morgan fingerprint density at radius 1 is 1.04 bits per heavy atom. The third kappa shape index (κ3) is 3.60. The molecule has 3 rings (SSSR count).